The third-order valence-corrected chi connectivity index (χ3v) is 2.00. The normalized spacial score (nSPS) is 11.0. The van der Waals surface area contributed by atoms with Crippen molar-refractivity contribution in [1.29, 1.82) is 0 Å². The molecule has 1 aromatic heterocycles. The molecule has 0 unspecified atom stereocenters. The summed E-state index contributed by atoms with van der Waals surface area (Å²) in [7, 11) is 1.19. The van der Waals surface area contributed by atoms with Gasteiger partial charge in [0.1, 0.15) is 0 Å². The molecule has 0 saturated heterocycles. The minimum atomic E-state index is -0.896. The molecule has 0 aliphatic rings. The van der Waals surface area contributed by atoms with Crippen molar-refractivity contribution in [3.63, 3.8) is 0 Å². The van der Waals surface area contributed by atoms with Crippen molar-refractivity contribution in [2.24, 2.45) is 10.9 Å². The number of hydrogen-bond donors (Lipinski definition) is 2. The minimum absolute atomic E-state index is 0.0511. The number of rotatable bonds is 5. The number of primary amides is 1. The molecule has 9 nitrogen and oxygen atoms in total. The summed E-state index contributed by atoms with van der Waals surface area (Å²) in [6.07, 6.45) is 0. The van der Waals surface area contributed by atoms with Gasteiger partial charge in [-0.25, -0.2) is 4.79 Å². The van der Waals surface area contributed by atoms with Gasteiger partial charge in [0.2, 0.25) is 18.1 Å². The quantitative estimate of drug-likeness (QED) is 0.372. The number of carbonyl (C=O) groups excluding carboxylic acids is 2. The minimum Gasteiger partial charge on any atom is -0.466 e. The largest absolute Gasteiger partial charge is 0.466 e. The molecule has 0 fully saturated rings. The Bertz CT molecular complexity index is 457. The lowest BCUT2D eigenvalue weighted by Gasteiger charge is -1.99. The highest BCUT2D eigenvalue weighted by Crippen LogP contribution is 2.06. The van der Waals surface area contributed by atoms with E-state index in [1.165, 1.54) is 7.11 Å². The molecular weight excluding hydrogens is 250 g/mol. The number of ether oxygens (including phenoxy) is 1. The van der Waals surface area contributed by atoms with Crippen molar-refractivity contribution in [3.05, 3.63) is 5.82 Å². The van der Waals surface area contributed by atoms with Crippen LogP contribution in [0.5, 0.6) is 0 Å². The van der Waals surface area contributed by atoms with Gasteiger partial charge < -0.3 is 21.0 Å². The van der Waals surface area contributed by atoms with Crippen molar-refractivity contribution in [3.8, 4) is 0 Å². The van der Waals surface area contributed by atoms with Crippen LogP contribution in [0.3, 0.4) is 0 Å². The Labute approximate surface area is 99.6 Å². The van der Waals surface area contributed by atoms with E-state index in [0.29, 0.717) is 0 Å². The van der Waals surface area contributed by atoms with Gasteiger partial charge in [-0.3, -0.25) is 4.79 Å². The number of amides is 1. The zero-order chi connectivity index (χ0) is 12.8. The third kappa shape index (κ3) is 3.68. The Balaban J connectivity index is 2.76. The molecule has 17 heavy (non-hydrogen) atoms. The van der Waals surface area contributed by atoms with Crippen LogP contribution in [-0.4, -0.2) is 40.7 Å². The molecule has 0 spiro atoms. The van der Waals surface area contributed by atoms with Crippen LogP contribution in [0.25, 0.3) is 0 Å². The second-order valence-electron chi connectivity index (χ2n) is 2.61. The molecule has 4 N–H and O–H groups in total. The van der Waals surface area contributed by atoms with E-state index in [2.05, 4.69) is 24.1 Å². The van der Waals surface area contributed by atoms with Gasteiger partial charge in [0.15, 0.2) is 5.13 Å². The van der Waals surface area contributed by atoms with E-state index in [4.69, 9.17) is 11.5 Å². The molecule has 10 heteroatoms. The number of anilines is 1. The highest BCUT2D eigenvalue weighted by molar-refractivity contribution is 7.09. The molecule has 1 heterocycles. The van der Waals surface area contributed by atoms with Gasteiger partial charge in [-0.2, -0.15) is 9.36 Å². The van der Waals surface area contributed by atoms with Crippen LogP contribution in [0.1, 0.15) is 5.82 Å². The predicted octanol–water partition coefficient (Wildman–Crippen LogP) is -1.50. The van der Waals surface area contributed by atoms with Gasteiger partial charge in [-0.05, 0) is 0 Å². The Morgan fingerprint density at radius 1 is 1.53 bits per heavy atom. The van der Waals surface area contributed by atoms with Gasteiger partial charge in [0, 0.05) is 11.5 Å². The fourth-order valence-electron chi connectivity index (χ4n) is 0.736. The SMILES string of the molecule is COC(=O)CO/N=C(\C(N)=O)c1nsc(N)n1. The van der Waals surface area contributed by atoms with Crippen LogP contribution >= 0.6 is 11.5 Å². The average molecular weight is 259 g/mol. The lowest BCUT2D eigenvalue weighted by Crippen LogP contribution is -2.26. The monoisotopic (exact) mass is 259 g/mol. The van der Waals surface area contributed by atoms with E-state index in [0.717, 1.165) is 11.5 Å². The van der Waals surface area contributed by atoms with Gasteiger partial charge in [-0.15, -0.1) is 0 Å². The molecule has 1 amide bonds. The van der Waals surface area contributed by atoms with Crippen LogP contribution < -0.4 is 11.5 Å². The molecular formula is C7H9N5O4S. The zero-order valence-electron chi connectivity index (χ0n) is 8.74. The van der Waals surface area contributed by atoms with E-state index in [1.54, 1.807) is 0 Å². The maximum absolute atomic E-state index is 11.0. The number of nitrogens with two attached hydrogens (primary N) is 2. The van der Waals surface area contributed by atoms with Crippen LogP contribution in [0.2, 0.25) is 0 Å². The van der Waals surface area contributed by atoms with Crippen LogP contribution in [0.15, 0.2) is 5.16 Å². The second kappa shape index (κ2) is 5.75. The molecule has 1 rings (SSSR count). The van der Waals surface area contributed by atoms with Crippen molar-refractivity contribution in [2.75, 3.05) is 19.5 Å². The third-order valence-electron chi connectivity index (χ3n) is 1.45. The van der Waals surface area contributed by atoms with Crippen LogP contribution in [0.4, 0.5) is 5.13 Å². The highest BCUT2D eigenvalue weighted by Gasteiger charge is 2.17. The number of nitrogen functional groups attached to an aromatic ring is 1. The number of oxime groups is 1. The predicted molar refractivity (Wildman–Crippen MR) is 58.0 cm³/mol. The highest BCUT2D eigenvalue weighted by atomic mass is 32.1. The first kappa shape index (κ1) is 12.8. The number of aromatic nitrogens is 2. The Morgan fingerprint density at radius 3 is 2.71 bits per heavy atom. The van der Waals surface area contributed by atoms with E-state index < -0.39 is 18.5 Å². The summed E-state index contributed by atoms with van der Waals surface area (Å²) in [5.74, 6) is -1.60. The number of nitrogens with zero attached hydrogens (tertiary/aromatic N) is 3. The molecule has 0 aliphatic heterocycles. The summed E-state index contributed by atoms with van der Waals surface area (Å²) in [5, 5.41) is 3.52. The molecule has 0 radical (unpaired) electrons. The maximum Gasteiger partial charge on any atom is 0.346 e. The van der Waals surface area contributed by atoms with Crippen molar-refractivity contribution < 1.29 is 19.2 Å². The standard InChI is InChI=1S/C7H9N5O4S/c1-15-3(13)2-16-11-4(5(8)14)6-10-7(9)17-12-6/h2H2,1H3,(H2,8,14)(H2,9,10,12)/b11-4+. The number of esters is 1. The second-order valence-corrected chi connectivity index (χ2v) is 3.39. The fourth-order valence-corrected chi connectivity index (χ4v) is 1.17. The van der Waals surface area contributed by atoms with Crippen LogP contribution in [0, 0.1) is 0 Å². The number of hydrogen-bond acceptors (Lipinski definition) is 9. The first-order valence-corrected chi connectivity index (χ1v) is 4.98. The van der Waals surface area contributed by atoms with E-state index in [-0.39, 0.29) is 16.7 Å². The van der Waals surface area contributed by atoms with Crippen LogP contribution in [-0.2, 0) is 19.2 Å². The van der Waals surface area contributed by atoms with E-state index >= 15 is 0 Å². The fraction of sp³-hybridized carbons (Fsp3) is 0.286. The topological polar surface area (TPSA) is 143 Å². The van der Waals surface area contributed by atoms with Gasteiger partial charge >= 0.3 is 5.97 Å². The number of carbonyl (C=O) groups is 2. The Hall–Kier alpha value is -2.23. The van der Waals surface area contributed by atoms with E-state index in [9.17, 15) is 9.59 Å². The van der Waals surface area contributed by atoms with Crippen molar-refractivity contribution in [1.82, 2.24) is 9.36 Å². The van der Waals surface area contributed by atoms with Gasteiger partial charge in [0.05, 0.1) is 7.11 Å². The number of methoxy groups -OCH3 is 1. The first-order chi connectivity index (χ1) is 8.04. The Morgan fingerprint density at radius 2 is 2.24 bits per heavy atom. The summed E-state index contributed by atoms with van der Waals surface area (Å²) in [6.45, 7) is -0.451. The average Bonchev–Trinajstić information content (AvgIpc) is 2.70. The van der Waals surface area contributed by atoms with Crippen molar-refractivity contribution >= 4 is 34.3 Å². The molecule has 0 atom stereocenters. The summed E-state index contributed by atoms with van der Waals surface area (Å²) in [5.41, 5.74) is 10.1. The smallest absolute Gasteiger partial charge is 0.346 e. The first-order valence-electron chi connectivity index (χ1n) is 4.20. The molecule has 1 aromatic rings. The van der Waals surface area contributed by atoms with Crippen molar-refractivity contribution in [2.45, 2.75) is 0 Å². The molecule has 92 valence electrons. The summed E-state index contributed by atoms with van der Waals surface area (Å²) >= 11 is 0.875. The molecule has 0 bridgehead atoms. The lowest BCUT2D eigenvalue weighted by molar-refractivity contribution is -0.145. The van der Waals surface area contributed by atoms with E-state index in [1.807, 2.05) is 0 Å². The summed E-state index contributed by atoms with van der Waals surface area (Å²) in [6, 6.07) is 0. The maximum atomic E-state index is 11.0. The summed E-state index contributed by atoms with van der Waals surface area (Å²) < 4.78 is 8.04. The molecule has 0 saturated carbocycles. The van der Waals surface area contributed by atoms with Gasteiger partial charge in [-0.1, -0.05) is 5.16 Å². The zero-order valence-corrected chi connectivity index (χ0v) is 9.56. The Kier molecular flexibility index (Phi) is 4.34. The summed E-state index contributed by atoms with van der Waals surface area (Å²) in [4.78, 5) is 30.0. The lowest BCUT2D eigenvalue weighted by atomic mass is 10.3. The van der Waals surface area contributed by atoms with Gasteiger partial charge in [0.25, 0.3) is 5.91 Å². The molecule has 0 aromatic carbocycles. The molecule has 0 aliphatic carbocycles.